The van der Waals surface area contributed by atoms with Gasteiger partial charge in [-0.3, -0.25) is 4.79 Å². The minimum atomic E-state index is 0.105. The Hall–Kier alpha value is -2.49. The molecule has 0 atom stereocenters. The van der Waals surface area contributed by atoms with Gasteiger partial charge in [0.05, 0.1) is 7.11 Å². The number of piperidine rings is 1. The number of likely N-dealkylation sites (tertiary alicyclic amines) is 1. The van der Waals surface area contributed by atoms with Gasteiger partial charge >= 0.3 is 0 Å². The van der Waals surface area contributed by atoms with Gasteiger partial charge in [-0.1, -0.05) is 18.2 Å². The highest BCUT2D eigenvalue weighted by Crippen LogP contribution is 2.22. The second-order valence-corrected chi connectivity index (χ2v) is 5.65. The van der Waals surface area contributed by atoms with Crippen molar-refractivity contribution in [2.45, 2.75) is 18.9 Å². The Morgan fingerprint density at radius 3 is 2.17 bits per heavy atom. The van der Waals surface area contributed by atoms with Gasteiger partial charge in [0.1, 0.15) is 17.6 Å². The minimum Gasteiger partial charge on any atom is -0.497 e. The Kier molecular flexibility index (Phi) is 4.81. The predicted octanol–water partition coefficient (Wildman–Crippen LogP) is 3.38. The summed E-state index contributed by atoms with van der Waals surface area (Å²) >= 11 is 0. The van der Waals surface area contributed by atoms with E-state index < -0.39 is 0 Å². The minimum absolute atomic E-state index is 0.105. The van der Waals surface area contributed by atoms with Gasteiger partial charge in [-0.15, -0.1) is 0 Å². The van der Waals surface area contributed by atoms with Crippen LogP contribution in [0.3, 0.4) is 0 Å². The Morgan fingerprint density at radius 1 is 0.957 bits per heavy atom. The lowest BCUT2D eigenvalue weighted by atomic mass is 10.1. The van der Waals surface area contributed by atoms with Gasteiger partial charge < -0.3 is 14.4 Å². The van der Waals surface area contributed by atoms with E-state index in [0.29, 0.717) is 0 Å². The SMILES string of the molecule is COc1ccc(OC2CCN(C(=O)c3ccccc3)CC2)cc1. The summed E-state index contributed by atoms with van der Waals surface area (Å²) in [4.78, 5) is 14.3. The highest BCUT2D eigenvalue weighted by Gasteiger charge is 2.24. The van der Waals surface area contributed by atoms with E-state index in [0.717, 1.165) is 43.0 Å². The third-order valence-corrected chi connectivity index (χ3v) is 4.11. The Balaban J connectivity index is 1.53. The Morgan fingerprint density at radius 2 is 1.57 bits per heavy atom. The van der Waals surface area contributed by atoms with Crippen molar-refractivity contribution >= 4 is 5.91 Å². The van der Waals surface area contributed by atoms with Crippen molar-refractivity contribution in [1.82, 2.24) is 4.90 Å². The number of rotatable bonds is 4. The average Bonchev–Trinajstić information content (AvgIpc) is 2.63. The van der Waals surface area contributed by atoms with E-state index in [9.17, 15) is 4.79 Å². The number of benzene rings is 2. The molecule has 0 saturated carbocycles. The van der Waals surface area contributed by atoms with Crippen LogP contribution in [0, 0.1) is 0 Å². The van der Waals surface area contributed by atoms with Gasteiger partial charge in [0.25, 0.3) is 5.91 Å². The standard InChI is InChI=1S/C19H21NO3/c1-22-16-7-9-17(10-8-16)23-18-11-13-20(14-12-18)19(21)15-5-3-2-4-6-15/h2-10,18H,11-14H2,1H3. The van der Waals surface area contributed by atoms with E-state index in [4.69, 9.17) is 9.47 Å². The van der Waals surface area contributed by atoms with Crippen molar-refractivity contribution in [3.63, 3.8) is 0 Å². The topological polar surface area (TPSA) is 38.8 Å². The van der Waals surface area contributed by atoms with Gasteiger partial charge in [0.2, 0.25) is 0 Å². The molecule has 0 N–H and O–H groups in total. The van der Waals surface area contributed by atoms with E-state index in [2.05, 4.69) is 0 Å². The van der Waals surface area contributed by atoms with Gasteiger partial charge in [0.15, 0.2) is 0 Å². The van der Waals surface area contributed by atoms with Crippen LogP contribution < -0.4 is 9.47 Å². The summed E-state index contributed by atoms with van der Waals surface area (Å²) in [7, 11) is 1.65. The largest absolute Gasteiger partial charge is 0.497 e. The summed E-state index contributed by atoms with van der Waals surface area (Å²) in [5, 5.41) is 0. The van der Waals surface area contributed by atoms with Crippen LogP contribution in [0.2, 0.25) is 0 Å². The first kappa shape index (κ1) is 15.4. The number of hydrogen-bond acceptors (Lipinski definition) is 3. The lowest BCUT2D eigenvalue weighted by molar-refractivity contribution is 0.0595. The Bertz CT molecular complexity index is 631. The summed E-state index contributed by atoms with van der Waals surface area (Å²) in [6.07, 6.45) is 1.86. The van der Waals surface area contributed by atoms with Crippen LogP contribution in [-0.2, 0) is 0 Å². The van der Waals surface area contributed by atoms with Gasteiger partial charge in [-0.25, -0.2) is 0 Å². The zero-order valence-electron chi connectivity index (χ0n) is 13.3. The van der Waals surface area contributed by atoms with Crippen molar-refractivity contribution in [1.29, 1.82) is 0 Å². The molecule has 120 valence electrons. The quantitative estimate of drug-likeness (QED) is 0.869. The number of ether oxygens (including phenoxy) is 2. The zero-order valence-corrected chi connectivity index (χ0v) is 13.3. The monoisotopic (exact) mass is 311 g/mol. The van der Waals surface area contributed by atoms with Crippen LogP contribution in [0.25, 0.3) is 0 Å². The number of hydrogen-bond donors (Lipinski definition) is 0. The molecule has 1 aliphatic rings. The first-order valence-corrected chi connectivity index (χ1v) is 7.91. The van der Waals surface area contributed by atoms with Crippen molar-refractivity contribution in [3.8, 4) is 11.5 Å². The average molecular weight is 311 g/mol. The first-order valence-electron chi connectivity index (χ1n) is 7.91. The maximum atomic E-state index is 12.4. The van der Waals surface area contributed by atoms with Crippen molar-refractivity contribution in [2.75, 3.05) is 20.2 Å². The molecule has 1 fully saturated rings. The second kappa shape index (κ2) is 7.18. The van der Waals surface area contributed by atoms with Crippen molar-refractivity contribution in [3.05, 3.63) is 60.2 Å². The van der Waals surface area contributed by atoms with E-state index in [1.54, 1.807) is 7.11 Å². The number of methoxy groups -OCH3 is 1. The zero-order chi connectivity index (χ0) is 16.1. The van der Waals surface area contributed by atoms with Gasteiger partial charge in [-0.05, 0) is 36.4 Å². The van der Waals surface area contributed by atoms with Crippen LogP contribution >= 0.6 is 0 Å². The van der Waals surface area contributed by atoms with E-state index >= 15 is 0 Å². The van der Waals surface area contributed by atoms with Gasteiger partial charge in [0, 0.05) is 31.5 Å². The van der Waals surface area contributed by atoms with E-state index in [1.807, 2.05) is 59.5 Å². The predicted molar refractivity (Wildman–Crippen MR) is 89.0 cm³/mol. The smallest absolute Gasteiger partial charge is 0.253 e. The molecule has 1 amide bonds. The molecule has 0 unspecified atom stereocenters. The molecular formula is C19H21NO3. The molecule has 0 spiro atoms. The molecule has 4 heteroatoms. The maximum absolute atomic E-state index is 12.4. The lowest BCUT2D eigenvalue weighted by Gasteiger charge is -2.32. The molecule has 2 aromatic carbocycles. The van der Waals surface area contributed by atoms with Crippen LogP contribution in [0.4, 0.5) is 0 Å². The molecule has 1 saturated heterocycles. The maximum Gasteiger partial charge on any atom is 0.253 e. The third-order valence-electron chi connectivity index (χ3n) is 4.11. The Labute approximate surface area is 136 Å². The number of amides is 1. The summed E-state index contributed by atoms with van der Waals surface area (Å²) in [5.41, 5.74) is 0.752. The van der Waals surface area contributed by atoms with Crippen molar-refractivity contribution < 1.29 is 14.3 Å². The highest BCUT2D eigenvalue weighted by molar-refractivity contribution is 5.94. The molecular weight excluding hydrogens is 290 g/mol. The molecule has 0 aromatic heterocycles. The molecule has 3 rings (SSSR count). The van der Waals surface area contributed by atoms with Crippen LogP contribution in [-0.4, -0.2) is 37.1 Å². The van der Waals surface area contributed by atoms with E-state index in [1.165, 1.54) is 0 Å². The summed E-state index contributed by atoms with van der Waals surface area (Å²) in [6, 6.07) is 17.1. The molecule has 0 radical (unpaired) electrons. The van der Waals surface area contributed by atoms with E-state index in [-0.39, 0.29) is 12.0 Å². The molecule has 2 aromatic rings. The first-order chi connectivity index (χ1) is 11.3. The molecule has 4 nitrogen and oxygen atoms in total. The normalized spacial score (nSPS) is 15.3. The molecule has 1 heterocycles. The van der Waals surface area contributed by atoms with Crippen molar-refractivity contribution in [2.24, 2.45) is 0 Å². The van der Waals surface area contributed by atoms with Crippen LogP contribution in [0.5, 0.6) is 11.5 Å². The third kappa shape index (κ3) is 3.83. The number of carbonyl (C=O) groups excluding carboxylic acids is 1. The van der Waals surface area contributed by atoms with Crippen LogP contribution in [0.1, 0.15) is 23.2 Å². The summed E-state index contributed by atoms with van der Waals surface area (Å²) in [5.74, 6) is 1.77. The summed E-state index contributed by atoms with van der Waals surface area (Å²) in [6.45, 7) is 1.46. The molecule has 0 bridgehead atoms. The fourth-order valence-electron chi connectivity index (χ4n) is 2.79. The summed E-state index contributed by atoms with van der Waals surface area (Å²) < 4.78 is 11.1. The number of carbonyl (C=O) groups is 1. The molecule has 1 aliphatic heterocycles. The fourth-order valence-corrected chi connectivity index (χ4v) is 2.79. The highest BCUT2D eigenvalue weighted by atomic mass is 16.5. The fraction of sp³-hybridized carbons (Fsp3) is 0.316. The molecule has 23 heavy (non-hydrogen) atoms. The second-order valence-electron chi connectivity index (χ2n) is 5.65. The van der Waals surface area contributed by atoms with Crippen LogP contribution in [0.15, 0.2) is 54.6 Å². The number of nitrogens with zero attached hydrogens (tertiary/aromatic N) is 1. The van der Waals surface area contributed by atoms with Gasteiger partial charge in [-0.2, -0.15) is 0 Å². The molecule has 0 aliphatic carbocycles. The lowest BCUT2D eigenvalue weighted by Crippen LogP contribution is -2.41.